The van der Waals surface area contributed by atoms with E-state index in [0.717, 1.165) is 64.6 Å². The average molecular weight is 398 g/mol. The number of carbonyl (C=O) groups is 2. The third-order valence-corrected chi connectivity index (χ3v) is 6.00. The first kappa shape index (κ1) is 21.5. The molecule has 3 aliphatic heterocycles. The Kier molecular flexibility index (Phi) is 8.55. The molecule has 4 unspecified atom stereocenters. The third kappa shape index (κ3) is 6.71. The number of cyclic esters (lactones) is 2. The maximum atomic E-state index is 12.0. The Balaban J connectivity index is 1.42. The molecule has 0 saturated carbocycles. The molecule has 0 aliphatic carbocycles. The first-order valence-corrected chi connectivity index (χ1v) is 10.9. The van der Waals surface area contributed by atoms with Gasteiger partial charge in [-0.25, -0.2) is 0 Å². The number of rotatable bonds is 8. The van der Waals surface area contributed by atoms with Gasteiger partial charge in [-0.2, -0.15) is 0 Å². The minimum absolute atomic E-state index is 0.00606. The van der Waals surface area contributed by atoms with Crippen LogP contribution < -0.4 is 0 Å². The van der Waals surface area contributed by atoms with Crippen LogP contribution in [-0.2, 0) is 28.5 Å². The Labute approximate surface area is 168 Å². The molecule has 7 heteroatoms. The summed E-state index contributed by atoms with van der Waals surface area (Å²) in [5, 5.41) is 0. The first-order valence-electron chi connectivity index (χ1n) is 10.9. The zero-order chi connectivity index (χ0) is 19.8. The molecular formula is C21H35NO6. The second kappa shape index (κ2) is 11.1. The van der Waals surface area contributed by atoms with E-state index in [1.54, 1.807) is 0 Å². The minimum atomic E-state index is -0.165. The van der Waals surface area contributed by atoms with E-state index < -0.39 is 0 Å². The van der Waals surface area contributed by atoms with Crippen molar-refractivity contribution < 1.29 is 28.5 Å². The van der Waals surface area contributed by atoms with Crippen molar-refractivity contribution in [2.24, 2.45) is 5.92 Å². The van der Waals surface area contributed by atoms with Gasteiger partial charge in [-0.05, 0) is 31.6 Å². The van der Waals surface area contributed by atoms with Crippen molar-refractivity contribution in [1.29, 1.82) is 0 Å². The average Bonchev–Trinajstić information content (AvgIpc) is 2.92. The second-order valence-electron chi connectivity index (χ2n) is 8.25. The van der Waals surface area contributed by atoms with E-state index >= 15 is 0 Å². The Bertz CT molecular complexity index is 513. The molecular weight excluding hydrogens is 362 g/mol. The number of unbranched alkanes of at least 4 members (excludes halogenated alkanes) is 1. The van der Waals surface area contributed by atoms with Crippen LogP contribution in [-0.4, -0.2) is 68.2 Å². The van der Waals surface area contributed by atoms with E-state index in [0.29, 0.717) is 32.1 Å². The van der Waals surface area contributed by atoms with Crippen LogP contribution in [0.25, 0.3) is 0 Å². The highest BCUT2D eigenvalue weighted by Gasteiger charge is 2.35. The van der Waals surface area contributed by atoms with Crippen molar-refractivity contribution in [2.45, 2.75) is 83.0 Å². The van der Waals surface area contributed by atoms with E-state index in [2.05, 4.69) is 11.8 Å². The molecule has 160 valence electrons. The fourth-order valence-electron chi connectivity index (χ4n) is 4.29. The van der Waals surface area contributed by atoms with E-state index in [-0.39, 0.29) is 30.3 Å². The van der Waals surface area contributed by atoms with Crippen LogP contribution in [0.3, 0.4) is 0 Å². The normalized spacial score (nSPS) is 32.5. The van der Waals surface area contributed by atoms with Crippen molar-refractivity contribution in [3.8, 4) is 0 Å². The van der Waals surface area contributed by atoms with Crippen molar-refractivity contribution in [2.75, 3.05) is 33.0 Å². The summed E-state index contributed by atoms with van der Waals surface area (Å²) in [4.78, 5) is 25.7. The summed E-state index contributed by atoms with van der Waals surface area (Å²) >= 11 is 0. The standard InChI is InChI=1S/C21H35NO6/c1-2-3-10-25-18-12-19(28-21(24)14-18)16-5-4-8-22(9-6-16)15-27-17-7-11-26-20(23)13-17/h16-19H,2-15H2,1H3. The number of carbonyl (C=O) groups excluding carboxylic acids is 2. The number of likely N-dealkylation sites (tertiary alicyclic amines) is 1. The molecule has 0 radical (unpaired) electrons. The van der Waals surface area contributed by atoms with E-state index in [9.17, 15) is 9.59 Å². The van der Waals surface area contributed by atoms with Gasteiger partial charge in [0.2, 0.25) is 0 Å². The summed E-state index contributed by atoms with van der Waals surface area (Å²) in [5.41, 5.74) is 0. The van der Waals surface area contributed by atoms with Gasteiger partial charge in [0.25, 0.3) is 0 Å². The maximum absolute atomic E-state index is 12.0. The highest BCUT2D eigenvalue weighted by Crippen LogP contribution is 2.30. The Hall–Kier alpha value is -1.18. The van der Waals surface area contributed by atoms with Crippen molar-refractivity contribution in [1.82, 2.24) is 4.90 Å². The molecule has 0 amide bonds. The van der Waals surface area contributed by atoms with Crippen LogP contribution in [0, 0.1) is 5.92 Å². The number of nitrogens with zero attached hydrogens (tertiary/aromatic N) is 1. The van der Waals surface area contributed by atoms with Crippen molar-refractivity contribution >= 4 is 11.9 Å². The van der Waals surface area contributed by atoms with Crippen LogP contribution in [0.5, 0.6) is 0 Å². The smallest absolute Gasteiger partial charge is 0.308 e. The lowest BCUT2D eigenvalue weighted by atomic mass is 9.88. The zero-order valence-corrected chi connectivity index (χ0v) is 17.1. The molecule has 3 fully saturated rings. The lowest BCUT2D eigenvalue weighted by Gasteiger charge is -2.33. The molecule has 3 aliphatic rings. The number of esters is 2. The Morgan fingerprint density at radius 3 is 2.71 bits per heavy atom. The molecule has 0 aromatic carbocycles. The summed E-state index contributed by atoms with van der Waals surface area (Å²) in [6.45, 7) is 5.79. The molecule has 3 saturated heterocycles. The maximum Gasteiger partial charge on any atom is 0.308 e. The largest absolute Gasteiger partial charge is 0.465 e. The Morgan fingerprint density at radius 1 is 1.04 bits per heavy atom. The monoisotopic (exact) mass is 397 g/mol. The Morgan fingerprint density at radius 2 is 1.89 bits per heavy atom. The molecule has 3 rings (SSSR count). The quantitative estimate of drug-likeness (QED) is 0.460. The van der Waals surface area contributed by atoms with Gasteiger partial charge in [0.1, 0.15) is 6.10 Å². The fourth-order valence-corrected chi connectivity index (χ4v) is 4.29. The summed E-state index contributed by atoms with van der Waals surface area (Å²) < 4.78 is 22.5. The molecule has 28 heavy (non-hydrogen) atoms. The molecule has 0 aromatic rings. The second-order valence-corrected chi connectivity index (χ2v) is 8.25. The van der Waals surface area contributed by atoms with Gasteiger partial charge in [-0.3, -0.25) is 14.5 Å². The molecule has 0 aromatic heterocycles. The first-order chi connectivity index (χ1) is 13.6. The van der Waals surface area contributed by atoms with E-state index in [4.69, 9.17) is 18.9 Å². The van der Waals surface area contributed by atoms with Gasteiger partial charge in [0.05, 0.1) is 38.4 Å². The lowest BCUT2D eigenvalue weighted by Crippen LogP contribution is -2.39. The summed E-state index contributed by atoms with van der Waals surface area (Å²) in [6.07, 6.45) is 7.55. The third-order valence-electron chi connectivity index (χ3n) is 6.00. The van der Waals surface area contributed by atoms with E-state index in [1.807, 2.05) is 0 Å². The number of hydrogen-bond donors (Lipinski definition) is 0. The van der Waals surface area contributed by atoms with Gasteiger partial charge in [-0.1, -0.05) is 13.3 Å². The topological polar surface area (TPSA) is 74.3 Å². The highest BCUT2D eigenvalue weighted by molar-refractivity contribution is 5.71. The zero-order valence-electron chi connectivity index (χ0n) is 17.1. The summed E-state index contributed by atoms with van der Waals surface area (Å²) in [7, 11) is 0. The predicted octanol–water partition coefficient (Wildman–Crippen LogP) is 2.66. The van der Waals surface area contributed by atoms with E-state index in [1.165, 1.54) is 0 Å². The minimum Gasteiger partial charge on any atom is -0.465 e. The van der Waals surface area contributed by atoms with Crippen LogP contribution in [0.2, 0.25) is 0 Å². The number of hydrogen-bond acceptors (Lipinski definition) is 7. The lowest BCUT2D eigenvalue weighted by molar-refractivity contribution is -0.168. The van der Waals surface area contributed by atoms with Crippen molar-refractivity contribution in [3.05, 3.63) is 0 Å². The highest BCUT2D eigenvalue weighted by atomic mass is 16.6. The van der Waals surface area contributed by atoms with Gasteiger partial charge in [0, 0.05) is 32.5 Å². The van der Waals surface area contributed by atoms with Crippen LogP contribution in [0.15, 0.2) is 0 Å². The van der Waals surface area contributed by atoms with Crippen LogP contribution in [0.4, 0.5) is 0 Å². The molecule has 7 nitrogen and oxygen atoms in total. The molecule has 0 bridgehead atoms. The number of ether oxygens (including phenoxy) is 4. The summed E-state index contributed by atoms with van der Waals surface area (Å²) in [6, 6.07) is 0. The molecule has 0 spiro atoms. The van der Waals surface area contributed by atoms with Crippen LogP contribution in [0.1, 0.15) is 64.7 Å². The SMILES string of the molecule is CCCCOC1CC(=O)OC(C2CCCN(COC3CCOC(=O)C3)CC2)C1. The fraction of sp³-hybridized carbons (Fsp3) is 0.905. The van der Waals surface area contributed by atoms with Gasteiger partial charge in [0.15, 0.2) is 0 Å². The van der Waals surface area contributed by atoms with Gasteiger partial charge < -0.3 is 18.9 Å². The van der Waals surface area contributed by atoms with Crippen LogP contribution >= 0.6 is 0 Å². The predicted molar refractivity (Wildman–Crippen MR) is 103 cm³/mol. The van der Waals surface area contributed by atoms with Gasteiger partial charge >= 0.3 is 11.9 Å². The molecule has 0 N–H and O–H groups in total. The van der Waals surface area contributed by atoms with Gasteiger partial charge in [-0.15, -0.1) is 0 Å². The summed E-state index contributed by atoms with van der Waals surface area (Å²) in [5.74, 6) is 0.101. The van der Waals surface area contributed by atoms with Crippen molar-refractivity contribution in [3.63, 3.8) is 0 Å². The molecule has 4 atom stereocenters. The molecule has 3 heterocycles.